The first-order chi connectivity index (χ1) is 13.4. The van der Waals surface area contributed by atoms with Crippen LogP contribution in [0.3, 0.4) is 0 Å². The molecular weight excluding hydrogens is 388 g/mol. The van der Waals surface area contributed by atoms with Crippen molar-refractivity contribution in [2.45, 2.75) is 38.8 Å². The summed E-state index contributed by atoms with van der Waals surface area (Å²) in [6.07, 6.45) is 0.879. The van der Waals surface area contributed by atoms with Crippen LogP contribution in [-0.4, -0.2) is 45.1 Å². The topological polar surface area (TPSA) is 115 Å². The summed E-state index contributed by atoms with van der Waals surface area (Å²) < 4.78 is 10.5. The van der Waals surface area contributed by atoms with E-state index >= 15 is 0 Å². The minimum Gasteiger partial charge on any atom is -0.454 e. The van der Waals surface area contributed by atoms with E-state index in [1.54, 1.807) is 38.1 Å². The van der Waals surface area contributed by atoms with Crippen molar-refractivity contribution in [3.05, 3.63) is 35.2 Å². The Labute approximate surface area is 166 Å². The highest BCUT2D eigenvalue weighted by atomic mass is 35.5. The lowest BCUT2D eigenvalue weighted by atomic mass is 9.93. The Hall–Kier alpha value is -2.94. The summed E-state index contributed by atoms with van der Waals surface area (Å²) in [4.78, 5) is 37.5. The summed E-state index contributed by atoms with van der Waals surface area (Å²) in [6.45, 7) is 2.86. The van der Waals surface area contributed by atoms with Gasteiger partial charge in [-0.3, -0.25) is 14.5 Å². The molecule has 0 aliphatic carbocycles. The summed E-state index contributed by atoms with van der Waals surface area (Å²) in [7, 11) is 0. The number of hydrogen-bond donors (Lipinski definition) is 1. The van der Waals surface area contributed by atoms with Crippen LogP contribution >= 0.6 is 11.6 Å². The SMILES string of the molecule is CCC1(CC)NC(=O)N(CC(=O)OCc2nnc(-c3ccc(Cl)cc3)o2)C1=O. The molecule has 0 bridgehead atoms. The van der Waals surface area contributed by atoms with Gasteiger partial charge in [0, 0.05) is 10.6 Å². The van der Waals surface area contributed by atoms with Gasteiger partial charge in [-0.2, -0.15) is 0 Å². The van der Waals surface area contributed by atoms with Gasteiger partial charge in [-0.15, -0.1) is 10.2 Å². The van der Waals surface area contributed by atoms with E-state index in [9.17, 15) is 14.4 Å². The summed E-state index contributed by atoms with van der Waals surface area (Å²) in [5.41, 5.74) is -0.290. The van der Waals surface area contributed by atoms with Gasteiger partial charge in [-0.05, 0) is 37.1 Å². The lowest BCUT2D eigenvalue weighted by Gasteiger charge is -2.22. The highest BCUT2D eigenvalue weighted by molar-refractivity contribution is 6.30. The molecule has 28 heavy (non-hydrogen) atoms. The molecule has 9 nitrogen and oxygen atoms in total. The first-order valence-electron chi connectivity index (χ1n) is 8.76. The standard InChI is InChI=1S/C18H19ClN4O5/c1-3-18(4-2)16(25)23(17(26)20-18)9-14(24)27-10-13-21-22-15(28-13)11-5-7-12(19)8-6-11/h5-8H,3-4,9-10H2,1-2H3,(H,20,26). The molecule has 0 radical (unpaired) electrons. The van der Waals surface area contributed by atoms with Crippen molar-refractivity contribution in [3.8, 4) is 11.5 Å². The second-order valence-electron chi connectivity index (χ2n) is 6.28. The molecule has 1 saturated heterocycles. The van der Waals surface area contributed by atoms with Crippen LogP contribution in [0.25, 0.3) is 11.5 Å². The van der Waals surface area contributed by atoms with Crippen molar-refractivity contribution < 1.29 is 23.5 Å². The lowest BCUT2D eigenvalue weighted by Crippen LogP contribution is -2.46. The Kier molecular flexibility index (Phi) is 5.64. The number of amides is 3. The average Bonchev–Trinajstić information content (AvgIpc) is 3.25. The Bertz CT molecular complexity index is 892. The smallest absolute Gasteiger partial charge is 0.326 e. The molecule has 2 aromatic rings. The van der Waals surface area contributed by atoms with Crippen molar-refractivity contribution in [1.29, 1.82) is 0 Å². The summed E-state index contributed by atoms with van der Waals surface area (Å²) in [5.74, 6) is -0.834. The Morgan fingerprint density at radius 2 is 1.89 bits per heavy atom. The minimum absolute atomic E-state index is 0.0898. The Morgan fingerprint density at radius 3 is 2.50 bits per heavy atom. The molecule has 1 N–H and O–H groups in total. The zero-order valence-electron chi connectivity index (χ0n) is 15.4. The second kappa shape index (κ2) is 7.97. The van der Waals surface area contributed by atoms with Crippen molar-refractivity contribution >= 4 is 29.5 Å². The molecule has 3 amide bonds. The van der Waals surface area contributed by atoms with Gasteiger partial charge in [0.25, 0.3) is 11.8 Å². The Balaban J connectivity index is 1.57. The molecule has 1 aromatic carbocycles. The number of rotatable bonds is 7. The number of benzene rings is 1. The largest absolute Gasteiger partial charge is 0.454 e. The third kappa shape index (κ3) is 3.84. The zero-order chi connectivity index (χ0) is 20.3. The van der Waals surface area contributed by atoms with Crippen LogP contribution in [0.1, 0.15) is 32.6 Å². The fraction of sp³-hybridized carbons (Fsp3) is 0.389. The molecule has 1 fully saturated rings. The molecule has 0 saturated carbocycles. The first kappa shape index (κ1) is 19.8. The molecule has 0 spiro atoms. The van der Waals surface area contributed by atoms with E-state index < -0.39 is 30.0 Å². The third-order valence-corrected chi connectivity index (χ3v) is 4.91. The van der Waals surface area contributed by atoms with Crippen LogP contribution in [0.15, 0.2) is 28.7 Å². The van der Waals surface area contributed by atoms with Gasteiger partial charge in [0.15, 0.2) is 6.61 Å². The predicted octanol–water partition coefficient (Wildman–Crippen LogP) is 2.54. The lowest BCUT2D eigenvalue weighted by molar-refractivity contribution is -0.149. The third-order valence-electron chi connectivity index (χ3n) is 4.65. The molecule has 1 aromatic heterocycles. The predicted molar refractivity (Wildman–Crippen MR) is 98.1 cm³/mol. The molecule has 0 unspecified atom stereocenters. The fourth-order valence-corrected chi connectivity index (χ4v) is 3.01. The van der Waals surface area contributed by atoms with Gasteiger partial charge < -0.3 is 14.5 Å². The number of carbonyl (C=O) groups is 3. The number of carbonyl (C=O) groups excluding carboxylic acids is 3. The van der Waals surface area contributed by atoms with Crippen molar-refractivity contribution in [2.75, 3.05) is 6.54 Å². The van der Waals surface area contributed by atoms with Gasteiger partial charge >= 0.3 is 12.0 Å². The van der Waals surface area contributed by atoms with Gasteiger partial charge in [0.2, 0.25) is 5.89 Å². The zero-order valence-corrected chi connectivity index (χ0v) is 16.2. The van der Waals surface area contributed by atoms with Crippen LogP contribution in [0.5, 0.6) is 0 Å². The summed E-state index contributed by atoms with van der Waals surface area (Å²) >= 11 is 5.83. The number of hydrogen-bond acceptors (Lipinski definition) is 7. The molecule has 1 aliphatic rings. The van der Waals surface area contributed by atoms with E-state index in [1.807, 2.05) is 0 Å². The minimum atomic E-state index is -0.961. The number of nitrogens with zero attached hydrogens (tertiary/aromatic N) is 3. The normalized spacial score (nSPS) is 15.6. The molecule has 1 aliphatic heterocycles. The van der Waals surface area contributed by atoms with Crippen LogP contribution in [0.4, 0.5) is 4.79 Å². The number of halogens is 1. The Morgan fingerprint density at radius 1 is 1.21 bits per heavy atom. The molecule has 2 heterocycles. The second-order valence-corrected chi connectivity index (χ2v) is 6.72. The van der Waals surface area contributed by atoms with E-state index in [1.165, 1.54) is 0 Å². The van der Waals surface area contributed by atoms with Crippen molar-refractivity contribution in [3.63, 3.8) is 0 Å². The quantitative estimate of drug-likeness (QED) is 0.555. The van der Waals surface area contributed by atoms with E-state index in [-0.39, 0.29) is 18.4 Å². The highest BCUT2D eigenvalue weighted by Crippen LogP contribution is 2.25. The monoisotopic (exact) mass is 406 g/mol. The maximum absolute atomic E-state index is 12.5. The van der Waals surface area contributed by atoms with Gasteiger partial charge in [-0.25, -0.2) is 4.79 Å². The fourth-order valence-electron chi connectivity index (χ4n) is 2.89. The molecular formula is C18H19ClN4O5. The van der Waals surface area contributed by atoms with Crippen LogP contribution in [0.2, 0.25) is 5.02 Å². The van der Waals surface area contributed by atoms with E-state index in [2.05, 4.69) is 15.5 Å². The molecule has 10 heteroatoms. The van der Waals surface area contributed by atoms with E-state index in [0.717, 1.165) is 4.90 Å². The number of urea groups is 1. The van der Waals surface area contributed by atoms with Gasteiger partial charge in [-0.1, -0.05) is 25.4 Å². The number of ether oxygens (including phenoxy) is 1. The van der Waals surface area contributed by atoms with Crippen LogP contribution < -0.4 is 5.32 Å². The molecule has 3 rings (SSSR count). The number of imide groups is 1. The van der Waals surface area contributed by atoms with Crippen molar-refractivity contribution in [1.82, 2.24) is 20.4 Å². The number of aromatic nitrogens is 2. The van der Waals surface area contributed by atoms with Gasteiger partial charge in [0.1, 0.15) is 12.1 Å². The highest BCUT2D eigenvalue weighted by Gasteiger charge is 2.49. The number of esters is 1. The maximum Gasteiger partial charge on any atom is 0.326 e. The van der Waals surface area contributed by atoms with Crippen LogP contribution in [0, 0.1) is 0 Å². The van der Waals surface area contributed by atoms with E-state index in [0.29, 0.717) is 23.4 Å². The maximum atomic E-state index is 12.5. The molecule has 148 valence electrons. The van der Waals surface area contributed by atoms with Gasteiger partial charge in [0.05, 0.1) is 0 Å². The van der Waals surface area contributed by atoms with Crippen LogP contribution in [-0.2, 0) is 20.9 Å². The first-order valence-corrected chi connectivity index (χ1v) is 9.14. The van der Waals surface area contributed by atoms with Crippen molar-refractivity contribution in [2.24, 2.45) is 0 Å². The summed E-state index contributed by atoms with van der Waals surface area (Å²) in [6, 6.07) is 6.21. The van der Waals surface area contributed by atoms with E-state index in [4.69, 9.17) is 20.8 Å². The number of nitrogens with one attached hydrogen (secondary N) is 1. The summed E-state index contributed by atoms with van der Waals surface area (Å²) in [5, 5.41) is 10.9. The average molecular weight is 407 g/mol. The molecule has 0 atom stereocenters.